The van der Waals surface area contributed by atoms with Crippen molar-refractivity contribution in [2.75, 3.05) is 4.72 Å². The minimum atomic E-state index is -1.40. The number of benzene rings is 1. The molecule has 0 saturated heterocycles. The second kappa shape index (κ2) is 6.78. The number of hydrogen-bond donors (Lipinski definition) is 1. The molecular formula is C17H15NO2S3. The molecule has 0 amide bonds. The summed E-state index contributed by atoms with van der Waals surface area (Å²) in [5, 5.41) is 2.03. The second-order valence-corrected chi connectivity index (χ2v) is 8.26. The third-order valence-electron chi connectivity index (χ3n) is 3.45. The quantitative estimate of drug-likeness (QED) is 0.647. The summed E-state index contributed by atoms with van der Waals surface area (Å²) in [6.07, 6.45) is 0.814. The Morgan fingerprint density at radius 3 is 2.57 bits per heavy atom. The summed E-state index contributed by atoms with van der Waals surface area (Å²) in [5.41, 5.74) is 2.75. The van der Waals surface area contributed by atoms with E-state index in [0.29, 0.717) is 10.6 Å². The molecule has 1 aromatic carbocycles. The highest BCUT2D eigenvalue weighted by Gasteiger charge is 2.15. The van der Waals surface area contributed by atoms with Crippen molar-refractivity contribution >= 4 is 45.6 Å². The molecule has 1 N–H and O–H groups in total. The maximum atomic E-state index is 12.6. The number of aryl methyl sites for hydroxylation is 2. The number of rotatable bonds is 5. The van der Waals surface area contributed by atoms with Gasteiger partial charge >= 0.3 is 0 Å². The first kappa shape index (κ1) is 16.1. The van der Waals surface area contributed by atoms with Crippen LogP contribution in [0.25, 0.3) is 9.75 Å². The molecule has 2 aromatic heterocycles. The molecule has 1 atom stereocenters. The molecule has 3 aromatic rings. The zero-order valence-corrected chi connectivity index (χ0v) is 15.1. The van der Waals surface area contributed by atoms with Crippen molar-refractivity contribution in [1.29, 1.82) is 0 Å². The molecule has 23 heavy (non-hydrogen) atoms. The van der Waals surface area contributed by atoms with E-state index in [4.69, 9.17) is 0 Å². The molecule has 0 bridgehead atoms. The first-order valence-corrected chi connectivity index (χ1v) is 9.82. The van der Waals surface area contributed by atoms with Crippen molar-refractivity contribution in [3.63, 3.8) is 0 Å². The summed E-state index contributed by atoms with van der Waals surface area (Å²) in [6.45, 7) is 3.97. The van der Waals surface area contributed by atoms with Crippen LogP contribution < -0.4 is 4.72 Å². The Hall–Kier alpha value is -1.76. The van der Waals surface area contributed by atoms with Gasteiger partial charge in [-0.15, -0.1) is 22.7 Å². The molecule has 0 aliphatic rings. The molecule has 0 saturated carbocycles. The Morgan fingerprint density at radius 1 is 1.13 bits per heavy atom. The zero-order chi connectivity index (χ0) is 16.4. The highest BCUT2D eigenvalue weighted by atomic mass is 32.2. The fraction of sp³-hybridized carbons (Fsp3) is 0.118. The number of nitrogens with one attached hydrogen (secondary N) is 1. The van der Waals surface area contributed by atoms with Crippen molar-refractivity contribution in [3.05, 3.63) is 57.8 Å². The first-order chi connectivity index (χ1) is 11.1. The fourth-order valence-corrected chi connectivity index (χ4v) is 5.38. The van der Waals surface area contributed by atoms with Crippen LogP contribution in [0.3, 0.4) is 0 Å². The van der Waals surface area contributed by atoms with Crippen LogP contribution in [0, 0.1) is 13.8 Å². The SMILES string of the molecule is Cc1ccccc1S(=O)Nc1cc(-c2sccc2C)sc1C=O. The van der Waals surface area contributed by atoms with Crippen LogP contribution in [0.5, 0.6) is 0 Å². The van der Waals surface area contributed by atoms with Gasteiger partial charge in [0.25, 0.3) is 0 Å². The molecule has 3 rings (SSSR count). The normalized spacial score (nSPS) is 12.1. The van der Waals surface area contributed by atoms with E-state index in [1.54, 1.807) is 11.3 Å². The van der Waals surface area contributed by atoms with Gasteiger partial charge in [-0.2, -0.15) is 0 Å². The molecule has 1 unspecified atom stereocenters. The molecule has 0 aliphatic carbocycles. The van der Waals surface area contributed by atoms with E-state index < -0.39 is 11.0 Å². The van der Waals surface area contributed by atoms with Gasteiger partial charge in [0.05, 0.1) is 15.5 Å². The molecule has 6 heteroatoms. The van der Waals surface area contributed by atoms with Crippen LogP contribution in [0.15, 0.2) is 46.7 Å². The van der Waals surface area contributed by atoms with E-state index in [2.05, 4.69) is 10.8 Å². The van der Waals surface area contributed by atoms with Gasteiger partial charge in [-0.25, -0.2) is 4.21 Å². The lowest BCUT2D eigenvalue weighted by Gasteiger charge is -2.07. The Kier molecular flexibility index (Phi) is 4.75. The molecule has 0 fully saturated rings. The molecule has 2 heterocycles. The number of carbonyl (C=O) groups is 1. The van der Waals surface area contributed by atoms with Crippen LogP contribution in [0.2, 0.25) is 0 Å². The summed E-state index contributed by atoms with van der Waals surface area (Å²) in [4.78, 5) is 14.8. The van der Waals surface area contributed by atoms with Gasteiger partial charge in [-0.05, 0) is 48.6 Å². The molecule has 0 aliphatic heterocycles. The predicted molar refractivity (Wildman–Crippen MR) is 99.0 cm³/mol. The van der Waals surface area contributed by atoms with Gasteiger partial charge in [-0.1, -0.05) is 18.2 Å². The lowest BCUT2D eigenvalue weighted by Crippen LogP contribution is -2.06. The van der Waals surface area contributed by atoms with Crippen molar-refractivity contribution in [1.82, 2.24) is 0 Å². The van der Waals surface area contributed by atoms with Crippen LogP contribution in [0.4, 0.5) is 5.69 Å². The number of anilines is 1. The maximum absolute atomic E-state index is 12.6. The predicted octanol–water partition coefficient (Wildman–Crippen LogP) is 5.04. The summed E-state index contributed by atoms with van der Waals surface area (Å²) in [6, 6.07) is 11.5. The van der Waals surface area contributed by atoms with Crippen molar-refractivity contribution in [2.24, 2.45) is 0 Å². The van der Waals surface area contributed by atoms with E-state index in [-0.39, 0.29) is 0 Å². The number of thiophene rings is 2. The fourth-order valence-electron chi connectivity index (χ4n) is 2.23. The van der Waals surface area contributed by atoms with Crippen molar-refractivity contribution in [3.8, 4) is 9.75 Å². The summed E-state index contributed by atoms with van der Waals surface area (Å²) >= 11 is 3.06. The Bertz CT molecular complexity index is 880. The van der Waals surface area contributed by atoms with Gasteiger partial charge in [0.2, 0.25) is 0 Å². The summed E-state index contributed by atoms with van der Waals surface area (Å²) in [5.74, 6) is 0. The van der Waals surface area contributed by atoms with Crippen LogP contribution in [-0.2, 0) is 11.0 Å². The monoisotopic (exact) mass is 361 g/mol. The lowest BCUT2D eigenvalue weighted by atomic mass is 10.2. The van der Waals surface area contributed by atoms with Gasteiger partial charge < -0.3 is 0 Å². The van der Waals surface area contributed by atoms with Crippen LogP contribution >= 0.6 is 22.7 Å². The van der Waals surface area contributed by atoms with Crippen molar-refractivity contribution < 1.29 is 9.00 Å². The van der Waals surface area contributed by atoms with E-state index >= 15 is 0 Å². The molecule has 0 radical (unpaired) electrons. The first-order valence-electron chi connectivity index (χ1n) is 6.97. The van der Waals surface area contributed by atoms with Gasteiger partial charge in [0.1, 0.15) is 0 Å². The van der Waals surface area contributed by atoms with Gasteiger partial charge in [-0.3, -0.25) is 9.52 Å². The Balaban J connectivity index is 1.93. The number of carbonyl (C=O) groups excluding carboxylic acids is 1. The molecular weight excluding hydrogens is 346 g/mol. The molecule has 3 nitrogen and oxygen atoms in total. The van der Waals surface area contributed by atoms with E-state index in [1.165, 1.54) is 16.9 Å². The Labute approximate surface area is 145 Å². The van der Waals surface area contributed by atoms with Gasteiger partial charge in [0.15, 0.2) is 17.3 Å². The standard InChI is InChI=1S/C17H15NO2S3/c1-11-5-3-4-6-16(11)23(20)18-13-9-14(22-15(13)10-19)17-12(2)7-8-21-17/h3-10,18H,1-2H3. The van der Waals surface area contributed by atoms with Gasteiger partial charge in [0, 0.05) is 9.75 Å². The van der Waals surface area contributed by atoms with E-state index in [9.17, 15) is 9.00 Å². The number of aldehydes is 1. The number of hydrogen-bond acceptors (Lipinski definition) is 4. The average Bonchev–Trinajstić information content (AvgIpc) is 3.13. The third-order valence-corrected chi connectivity index (χ3v) is 6.97. The second-order valence-electron chi connectivity index (χ2n) is 5.08. The van der Waals surface area contributed by atoms with E-state index in [0.717, 1.165) is 26.5 Å². The zero-order valence-electron chi connectivity index (χ0n) is 12.7. The largest absolute Gasteiger partial charge is 0.300 e. The average molecular weight is 362 g/mol. The lowest BCUT2D eigenvalue weighted by molar-refractivity contribution is 0.112. The Morgan fingerprint density at radius 2 is 1.91 bits per heavy atom. The maximum Gasteiger partial charge on any atom is 0.162 e. The topological polar surface area (TPSA) is 46.2 Å². The highest BCUT2D eigenvalue weighted by Crippen LogP contribution is 2.38. The highest BCUT2D eigenvalue weighted by molar-refractivity contribution is 7.86. The minimum absolute atomic E-state index is 0.565. The van der Waals surface area contributed by atoms with Crippen molar-refractivity contribution in [2.45, 2.75) is 18.7 Å². The third kappa shape index (κ3) is 3.29. The smallest absolute Gasteiger partial charge is 0.162 e. The summed E-state index contributed by atoms with van der Waals surface area (Å²) in [7, 11) is -1.40. The van der Waals surface area contributed by atoms with E-state index in [1.807, 2.05) is 49.6 Å². The van der Waals surface area contributed by atoms with Crippen LogP contribution in [-0.4, -0.2) is 10.5 Å². The molecule has 118 valence electrons. The summed E-state index contributed by atoms with van der Waals surface area (Å²) < 4.78 is 15.5. The minimum Gasteiger partial charge on any atom is -0.300 e. The van der Waals surface area contributed by atoms with Crippen LogP contribution in [0.1, 0.15) is 20.8 Å². The molecule has 0 spiro atoms.